The van der Waals surface area contributed by atoms with Gasteiger partial charge in [-0.2, -0.15) is 0 Å². The number of esters is 2. The molecule has 3 unspecified atom stereocenters. The summed E-state index contributed by atoms with van der Waals surface area (Å²) in [4.78, 5) is 22.7. The lowest BCUT2D eigenvalue weighted by Crippen LogP contribution is -2.26. The highest BCUT2D eigenvalue weighted by molar-refractivity contribution is 5.74. The Bertz CT molecular complexity index is 692. The number of hydrogen-bond donors (Lipinski definition) is 2. The van der Waals surface area contributed by atoms with Gasteiger partial charge in [0, 0.05) is 0 Å². The van der Waals surface area contributed by atoms with Crippen molar-refractivity contribution in [2.24, 2.45) is 5.92 Å². The van der Waals surface area contributed by atoms with E-state index in [2.05, 4.69) is 27.7 Å². The van der Waals surface area contributed by atoms with Crippen LogP contribution in [0, 0.1) is 5.92 Å². The van der Waals surface area contributed by atoms with Gasteiger partial charge in [0.2, 0.25) is 0 Å². The molecule has 0 aliphatic carbocycles. The third-order valence-corrected chi connectivity index (χ3v) is 9.64. The minimum absolute atomic E-state index is 0.00664. The van der Waals surface area contributed by atoms with Crippen molar-refractivity contribution in [1.29, 1.82) is 0 Å². The first-order chi connectivity index (χ1) is 24.1. The Hall–Kier alpha value is -1.14. The lowest BCUT2D eigenvalue weighted by atomic mass is 10.0. The van der Waals surface area contributed by atoms with E-state index < -0.39 is 24.1 Å². The Morgan fingerprint density at radius 2 is 0.720 bits per heavy atom. The van der Waals surface area contributed by atoms with E-state index in [0.717, 1.165) is 44.4 Å². The molecule has 0 aliphatic heterocycles. The van der Waals surface area contributed by atoms with E-state index in [-0.39, 0.29) is 6.10 Å². The van der Waals surface area contributed by atoms with Crippen LogP contribution in [0.5, 0.6) is 0 Å². The number of rotatable bonds is 36. The molecule has 0 saturated heterocycles. The standard InChI is InChI=1S/C23H46O3.C21H42O3/c1-4-6-8-10-12-13-14-16-18-20-22(26-23(25)21(3)24)19-17-15-11-9-7-5-2;1-19(2)17-15-13-11-9-7-5-4-6-8-10-12-14-16-18-24-21(23)20(3)22/h21-22,24H,4-20H2,1-3H3;19-20,22H,4-18H2,1-3H3. The molecular weight excluding hydrogens is 624 g/mol. The molecule has 0 amide bonds. The number of aliphatic hydroxyl groups is 2. The Morgan fingerprint density at radius 3 is 1.04 bits per heavy atom. The summed E-state index contributed by atoms with van der Waals surface area (Å²) in [6, 6.07) is 0. The Balaban J connectivity index is 0. The van der Waals surface area contributed by atoms with Crippen molar-refractivity contribution in [2.75, 3.05) is 6.61 Å². The molecule has 0 aromatic carbocycles. The van der Waals surface area contributed by atoms with Gasteiger partial charge in [0.15, 0.2) is 0 Å². The quantitative estimate of drug-likeness (QED) is 0.0496. The average molecular weight is 713 g/mol. The number of aliphatic hydroxyl groups excluding tert-OH is 2. The first-order valence-corrected chi connectivity index (χ1v) is 21.9. The van der Waals surface area contributed by atoms with Crippen LogP contribution in [0.3, 0.4) is 0 Å². The van der Waals surface area contributed by atoms with Crippen molar-refractivity contribution in [3.63, 3.8) is 0 Å². The number of unbranched alkanes of at least 4 members (excludes halogenated alkanes) is 25. The lowest BCUT2D eigenvalue weighted by molar-refractivity contribution is -0.159. The van der Waals surface area contributed by atoms with Gasteiger partial charge < -0.3 is 19.7 Å². The maximum absolute atomic E-state index is 11.7. The Kier molecular flexibility index (Phi) is 41.4. The smallest absolute Gasteiger partial charge is 0.334 e. The van der Waals surface area contributed by atoms with Gasteiger partial charge in [-0.1, -0.05) is 195 Å². The molecule has 2 N–H and O–H groups in total. The first-order valence-electron chi connectivity index (χ1n) is 21.9. The van der Waals surface area contributed by atoms with Crippen LogP contribution < -0.4 is 0 Å². The summed E-state index contributed by atoms with van der Waals surface area (Å²) in [5.74, 6) is -0.101. The van der Waals surface area contributed by atoms with Gasteiger partial charge in [-0.05, 0) is 51.9 Å². The third kappa shape index (κ3) is 41.3. The van der Waals surface area contributed by atoms with Crippen LogP contribution in [-0.4, -0.2) is 47.1 Å². The van der Waals surface area contributed by atoms with E-state index in [1.54, 1.807) is 0 Å². The molecule has 0 heterocycles. The third-order valence-electron chi connectivity index (χ3n) is 9.64. The Labute approximate surface area is 312 Å². The first kappa shape index (κ1) is 51.0. The molecule has 0 fully saturated rings. The summed E-state index contributed by atoms with van der Waals surface area (Å²) in [6.45, 7) is 12.5. The average Bonchev–Trinajstić information content (AvgIpc) is 3.08. The minimum Gasteiger partial charge on any atom is -0.464 e. The topological polar surface area (TPSA) is 93.1 Å². The summed E-state index contributed by atoms with van der Waals surface area (Å²) >= 11 is 0. The lowest BCUT2D eigenvalue weighted by Gasteiger charge is -2.19. The molecule has 6 nitrogen and oxygen atoms in total. The molecular formula is C44H88O6. The maximum Gasteiger partial charge on any atom is 0.334 e. The molecule has 0 aromatic heterocycles. The van der Waals surface area contributed by atoms with Crippen molar-refractivity contribution < 1.29 is 29.3 Å². The molecule has 300 valence electrons. The monoisotopic (exact) mass is 713 g/mol. The fourth-order valence-corrected chi connectivity index (χ4v) is 6.25. The molecule has 0 spiro atoms. The molecule has 6 heteroatoms. The molecule has 0 bridgehead atoms. The van der Waals surface area contributed by atoms with Crippen LogP contribution in [0.15, 0.2) is 0 Å². The van der Waals surface area contributed by atoms with Crippen LogP contribution >= 0.6 is 0 Å². The summed E-state index contributed by atoms with van der Waals surface area (Å²) in [5.41, 5.74) is 0. The van der Waals surface area contributed by atoms with Crippen LogP contribution in [0.4, 0.5) is 0 Å². The highest BCUT2D eigenvalue weighted by Gasteiger charge is 2.17. The van der Waals surface area contributed by atoms with Gasteiger partial charge in [0.05, 0.1) is 6.61 Å². The van der Waals surface area contributed by atoms with Gasteiger partial charge in [0.1, 0.15) is 18.3 Å². The van der Waals surface area contributed by atoms with E-state index in [0.29, 0.717) is 6.61 Å². The molecule has 0 aromatic rings. The van der Waals surface area contributed by atoms with Gasteiger partial charge in [-0.3, -0.25) is 0 Å². The van der Waals surface area contributed by atoms with Crippen molar-refractivity contribution in [1.82, 2.24) is 0 Å². The van der Waals surface area contributed by atoms with E-state index in [1.807, 2.05) is 0 Å². The van der Waals surface area contributed by atoms with Gasteiger partial charge in [-0.25, -0.2) is 9.59 Å². The van der Waals surface area contributed by atoms with Crippen molar-refractivity contribution in [3.8, 4) is 0 Å². The maximum atomic E-state index is 11.7. The SMILES string of the molecule is CC(C)CCCCCCCCCCCCCCCOC(=O)C(C)O.CCCCCCCCCCCC(CCCCCCCC)OC(=O)C(C)O. The van der Waals surface area contributed by atoms with E-state index in [9.17, 15) is 14.7 Å². The van der Waals surface area contributed by atoms with Crippen molar-refractivity contribution in [3.05, 3.63) is 0 Å². The highest BCUT2D eigenvalue weighted by Crippen LogP contribution is 2.18. The van der Waals surface area contributed by atoms with E-state index in [4.69, 9.17) is 14.6 Å². The fraction of sp³-hybridized carbons (Fsp3) is 0.955. The van der Waals surface area contributed by atoms with Gasteiger partial charge in [-0.15, -0.1) is 0 Å². The Morgan fingerprint density at radius 1 is 0.420 bits per heavy atom. The van der Waals surface area contributed by atoms with Crippen LogP contribution in [0.25, 0.3) is 0 Å². The zero-order chi connectivity index (χ0) is 37.5. The molecule has 3 atom stereocenters. The number of carbonyl (C=O) groups is 2. The van der Waals surface area contributed by atoms with E-state index in [1.165, 1.54) is 174 Å². The highest BCUT2D eigenvalue weighted by atomic mass is 16.6. The van der Waals surface area contributed by atoms with Crippen LogP contribution in [0.2, 0.25) is 0 Å². The summed E-state index contributed by atoms with van der Waals surface area (Å²) in [7, 11) is 0. The summed E-state index contributed by atoms with van der Waals surface area (Å²) in [5, 5.41) is 18.4. The zero-order valence-corrected chi connectivity index (χ0v) is 34.5. The van der Waals surface area contributed by atoms with Crippen LogP contribution in [-0.2, 0) is 19.1 Å². The number of hydrogen-bond acceptors (Lipinski definition) is 6. The van der Waals surface area contributed by atoms with E-state index >= 15 is 0 Å². The number of ether oxygens (including phenoxy) is 2. The van der Waals surface area contributed by atoms with Crippen LogP contribution in [0.1, 0.15) is 241 Å². The fourth-order valence-electron chi connectivity index (χ4n) is 6.25. The molecule has 50 heavy (non-hydrogen) atoms. The summed E-state index contributed by atoms with van der Waals surface area (Å²) in [6.07, 6.45) is 37.7. The minimum atomic E-state index is -1.01. The van der Waals surface area contributed by atoms with Gasteiger partial charge in [0.25, 0.3) is 0 Å². The second kappa shape index (κ2) is 40.6. The largest absolute Gasteiger partial charge is 0.464 e. The predicted molar refractivity (Wildman–Crippen MR) is 214 cm³/mol. The second-order valence-electron chi connectivity index (χ2n) is 15.5. The molecule has 0 aliphatic rings. The predicted octanol–water partition coefficient (Wildman–Crippen LogP) is 13.0. The number of carbonyl (C=O) groups excluding carboxylic acids is 2. The zero-order valence-electron chi connectivity index (χ0n) is 34.5. The van der Waals surface area contributed by atoms with Crippen molar-refractivity contribution in [2.45, 2.75) is 259 Å². The summed E-state index contributed by atoms with van der Waals surface area (Å²) < 4.78 is 10.5. The van der Waals surface area contributed by atoms with Crippen molar-refractivity contribution >= 4 is 11.9 Å². The second-order valence-corrected chi connectivity index (χ2v) is 15.5. The molecule has 0 saturated carbocycles. The normalized spacial score (nSPS) is 13.1. The molecule has 0 radical (unpaired) electrons. The molecule has 0 rings (SSSR count). The van der Waals surface area contributed by atoms with Gasteiger partial charge >= 0.3 is 11.9 Å².